The summed E-state index contributed by atoms with van der Waals surface area (Å²) in [5.74, 6) is 1.77. The topological polar surface area (TPSA) is 79.8 Å². The van der Waals surface area contributed by atoms with Gasteiger partial charge < -0.3 is 10.1 Å². The van der Waals surface area contributed by atoms with Gasteiger partial charge in [-0.05, 0) is 48.5 Å². The quantitative estimate of drug-likeness (QED) is 0.465. The van der Waals surface area contributed by atoms with E-state index in [-0.39, 0.29) is 17.5 Å². The van der Waals surface area contributed by atoms with Crippen LogP contribution in [-0.2, 0) is 9.84 Å². The molecule has 1 heterocycles. The number of hydrogen-bond acceptors (Lipinski definition) is 5. The predicted octanol–water partition coefficient (Wildman–Crippen LogP) is 2.46. The minimum Gasteiger partial charge on any atom is -0.457 e. The van der Waals surface area contributed by atoms with Gasteiger partial charge in [-0.15, -0.1) is 0 Å². The molecule has 0 amide bonds. The van der Waals surface area contributed by atoms with Gasteiger partial charge in [-0.1, -0.05) is 30.3 Å². The summed E-state index contributed by atoms with van der Waals surface area (Å²) in [6.07, 6.45) is 2.18. The van der Waals surface area contributed by atoms with Gasteiger partial charge in [0.05, 0.1) is 17.7 Å². The Morgan fingerprint density at radius 3 is 2.65 bits per heavy atom. The molecule has 0 aromatic heterocycles. The van der Waals surface area contributed by atoms with Crippen molar-refractivity contribution in [2.45, 2.75) is 12.5 Å². The van der Waals surface area contributed by atoms with Crippen molar-refractivity contribution >= 4 is 33.4 Å². The molecule has 2 aromatic rings. The zero-order valence-corrected chi connectivity index (χ0v) is 15.6. The van der Waals surface area contributed by atoms with Crippen LogP contribution in [0.15, 0.2) is 59.7 Å². The van der Waals surface area contributed by atoms with Crippen LogP contribution in [0.2, 0.25) is 0 Å². The largest absolute Gasteiger partial charge is 0.457 e. The maximum Gasteiger partial charge on any atom is 0.187 e. The Morgan fingerprint density at radius 2 is 1.92 bits per heavy atom. The van der Waals surface area contributed by atoms with Crippen LogP contribution in [0.25, 0.3) is 0 Å². The maximum absolute atomic E-state index is 11.4. The van der Waals surface area contributed by atoms with Crippen molar-refractivity contribution in [3.8, 4) is 11.5 Å². The Hall–Kier alpha value is -2.45. The highest BCUT2D eigenvalue weighted by Crippen LogP contribution is 2.21. The first-order chi connectivity index (χ1) is 12.5. The zero-order valence-electron chi connectivity index (χ0n) is 14.0. The Kier molecular flexibility index (Phi) is 5.85. The molecule has 1 saturated heterocycles. The molecule has 1 aliphatic rings. The lowest BCUT2D eigenvalue weighted by Crippen LogP contribution is -2.40. The number of thiocarbonyl (C=S) groups is 1. The first-order valence-corrected chi connectivity index (χ1v) is 10.4. The molecule has 2 aromatic carbocycles. The fourth-order valence-electron chi connectivity index (χ4n) is 2.57. The van der Waals surface area contributed by atoms with E-state index < -0.39 is 9.84 Å². The van der Waals surface area contributed by atoms with Crippen molar-refractivity contribution in [2.24, 2.45) is 5.10 Å². The van der Waals surface area contributed by atoms with E-state index >= 15 is 0 Å². The summed E-state index contributed by atoms with van der Waals surface area (Å²) < 4.78 is 28.7. The molecule has 0 spiro atoms. The lowest BCUT2D eigenvalue weighted by atomic mass is 10.2. The van der Waals surface area contributed by atoms with Gasteiger partial charge in [-0.2, -0.15) is 5.10 Å². The summed E-state index contributed by atoms with van der Waals surface area (Å²) in [7, 11) is -2.94. The van der Waals surface area contributed by atoms with Gasteiger partial charge >= 0.3 is 0 Å². The van der Waals surface area contributed by atoms with Crippen LogP contribution in [-0.4, -0.2) is 37.3 Å². The minimum atomic E-state index is -2.94. The van der Waals surface area contributed by atoms with Crippen molar-refractivity contribution in [3.63, 3.8) is 0 Å². The monoisotopic (exact) mass is 389 g/mol. The molecule has 1 aliphatic heterocycles. The molecule has 26 heavy (non-hydrogen) atoms. The lowest BCUT2D eigenvalue weighted by molar-refractivity contribution is 0.482. The second-order valence-electron chi connectivity index (χ2n) is 5.93. The third kappa shape index (κ3) is 5.53. The van der Waals surface area contributed by atoms with E-state index in [0.717, 1.165) is 11.3 Å². The molecule has 0 aliphatic carbocycles. The lowest BCUT2D eigenvalue weighted by Gasteiger charge is -2.12. The molecule has 2 N–H and O–H groups in total. The average Bonchev–Trinajstić information content (AvgIpc) is 2.94. The minimum absolute atomic E-state index is 0.109. The van der Waals surface area contributed by atoms with E-state index in [1.54, 1.807) is 6.21 Å². The van der Waals surface area contributed by atoms with Gasteiger partial charge in [0.2, 0.25) is 0 Å². The van der Waals surface area contributed by atoms with E-state index in [0.29, 0.717) is 17.3 Å². The van der Waals surface area contributed by atoms with Gasteiger partial charge in [0.1, 0.15) is 11.5 Å². The number of rotatable bonds is 5. The number of hydrogen-bond donors (Lipinski definition) is 2. The number of ether oxygens (including phenoxy) is 1. The zero-order chi connectivity index (χ0) is 18.4. The SMILES string of the molecule is O=S1(=O)CCC(NC(=S)NN=Cc2cccc(Oc3ccccc3)c2)C1. The fourth-order valence-corrected chi connectivity index (χ4v) is 4.47. The molecule has 6 nitrogen and oxygen atoms in total. The first kappa shape index (κ1) is 18.3. The standard InChI is InChI=1S/C18H19N3O3S2/c22-26(23)10-9-15(13-26)20-18(25)21-19-12-14-5-4-8-17(11-14)24-16-6-2-1-3-7-16/h1-8,11-12,15H,9-10,13H2,(H2,20,21,25). The van der Waals surface area contributed by atoms with Crippen LogP contribution < -0.4 is 15.5 Å². The second kappa shape index (κ2) is 8.29. The Bertz CT molecular complexity index is 899. The van der Waals surface area contributed by atoms with E-state index in [4.69, 9.17) is 17.0 Å². The number of hydrazone groups is 1. The summed E-state index contributed by atoms with van der Waals surface area (Å²) in [4.78, 5) is 0. The summed E-state index contributed by atoms with van der Waals surface area (Å²) >= 11 is 5.14. The molecule has 3 rings (SSSR count). The molecular weight excluding hydrogens is 370 g/mol. The van der Waals surface area contributed by atoms with Crippen molar-refractivity contribution in [3.05, 3.63) is 60.2 Å². The number of nitrogens with one attached hydrogen (secondary N) is 2. The third-order valence-corrected chi connectivity index (χ3v) is 5.76. The molecule has 1 fully saturated rings. The highest BCUT2D eigenvalue weighted by Gasteiger charge is 2.28. The summed E-state index contributed by atoms with van der Waals surface area (Å²) in [6, 6.07) is 16.9. The molecule has 136 valence electrons. The van der Waals surface area contributed by atoms with E-state index in [2.05, 4.69) is 15.8 Å². The second-order valence-corrected chi connectivity index (χ2v) is 8.57. The van der Waals surface area contributed by atoms with Crippen molar-refractivity contribution < 1.29 is 13.2 Å². The van der Waals surface area contributed by atoms with Crippen LogP contribution >= 0.6 is 12.2 Å². The highest BCUT2D eigenvalue weighted by molar-refractivity contribution is 7.91. The van der Waals surface area contributed by atoms with Gasteiger partial charge in [-0.25, -0.2) is 8.42 Å². The first-order valence-electron chi connectivity index (χ1n) is 8.13. The van der Waals surface area contributed by atoms with Crippen molar-refractivity contribution in [1.29, 1.82) is 0 Å². The molecule has 0 radical (unpaired) electrons. The molecule has 0 saturated carbocycles. The average molecular weight is 390 g/mol. The van der Waals surface area contributed by atoms with Gasteiger partial charge in [0.25, 0.3) is 0 Å². The summed E-state index contributed by atoms with van der Waals surface area (Å²) in [5.41, 5.74) is 3.55. The highest BCUT2D eigenvalue weighted by atomic mass is 32.2. The number of para-hydroxylation sites is 1. The number of benzene rings is 2. The van der Waals surface area contributed by atoms with E-state index in [1.165, 1.54) is 0 Å². The van der Waals surface area contributed by atoms with E-state index in [9.17, 15) is 8.42 Å². The normalized spacial score (nSPS) is 18.5. The van der Waals surface area contributed by atoms with Gasteiger partial charge in [0, 0.05) is 6.04 Å². The molecular formula is C18H19N3O3S2. The molecule has 1 unspecified atom stereocenters. The Labute approximate surface area is 158 Å². The van der Waals surface area contributed by atoms with Gasteiger partial charge in [-0.3, -0.25) is 5.43 Å². The predicted molar refractivity (Wildman–Crippen MR) is 106 cm³/mol. The molecule has 8 heteroatoms. The number of nitrogens with zero attached hydrogens (tertiary/aromatic N) is 1. The van der Waals surface area contributed by atoms with E-state index in [1.807, 2.05) is 54.6 Å². The smallest absolute Gasteiger partial charge is 0.187 e. The number of sulfone groups is 1. The third-order valence-electron chi connectivity index (χ3n) is 3.78. The van der Waals surface area contributed by atoms with Crippen LogP contribution in [0.4, 0.5) is 0 Å². The Balaban J connectivity index is 1.52. The van der Waals surface area contributed by atoms with Gasteiger partial charge in [0.15, 0.2) is 14.9 Å². The van der Waals surface area contributed by atoms with Crippen LogP contribution in [0.3, 0.4) is 0 Å². The molecule has 0 bridgehead atoms. The van der Waals surface area contributed by atoms with Crippen LogP contribution in [0.1, 0.15) is 12.0 Å². The van der Waals surface area contributed by atoms with Crippen LogP contribution in [0, 0.1) is 0 Å². The summed E-state index contributed by atoms with van der Waals surface area (Å²) in [6.45, 7) is 0. The maximum atomic E-state index is 11.4. The summed E-state index contributed by atoms with van der Waals surface area (Å²) in [5, 5.41) is 7.36. The van der Waals surface area contributed by atoms with Crippen LogP contribution in [0.5, 0.6) is 11.5 Å². The van der Waals surface area contributed by atoms with Crippen molar-refractivity contribution in [1.82, 2.24) is 10.7 Å². The Morgan fingerprint density at radius 1 is 1.15 bits per heavy atom. The van der Waals surface area contributed by atoms with Crippen molar-refractivity contribution in [2.75, 3.05) is 11.5 Å². The fraction of sp³-hybridized carbons (Fsp3) is 0.222. The molecule has 1 atom stereocenters.